The van der Waals surface area contributed by atoms with Gasteiger partial charge in [-0.05, 0) is 18.9 Å². The lowest BCUT2D eigenvalue weighted by atomic mass is 10.1. The summed E-state index contributed by atoms with van der Waals surface area (Å²) >= 11 is 0. The highest BCUT2D eigenvalue weighted by Crippen LogP contribution is 2.12. The first-order valence-corrected chi connectivity index (χ1v) is 12.8. The number of hydrogen-bond acceptors (Lipinski definition) is 4. The van der Waals surface area contributed by atoms with Crippen LogP contribution < -0.4 is 0 Å². The van der Waals surface area contributed by atoms with E-state index in [-0.39, 0.29) is 13.1 Å². The monoisotopic (exact) mass is 428 g/mol. The SMILES string of the molecule is CCCCCCCCCCOC(CC=COCOC)OCCCCCCCCCC. The van der Waals surface area contributed by atoms with Gasteiger partial charge in [0.2, 0.25) is 0 Å². The fourth-order valence-corrected chi connectivity index (χ4v) is 3.43. The Bertz CT molecular complexity index is 311. The van der Waals surface area contributed by atoms with Gasteiger partial charge >= 0.3 is 0 Å². The lowest BCUT2D eigenvalue weighted by molar-refractivity contribution is -0.141. The van der Waals surface area contributed by atoms with Crippen molar-refractivity contribution >= 4 is 0 Å². The minimum absolute atomic E-state index is 0.165. The zero-order valence-corrected chi connectivity index (χ0v) is 20.5. The number of rotatable bonds is 25. The van der Waals surface area contributed by atoms with E-state index in [4.69, 9.17) is 18.9 Å². The largest absolute Gasteiger partial charge is 0.476 e. The standard InChI is InChI=1S/C26H52O4/c1-4-6-8-10-12-14-16-18-23-29-26(21-20-22-28-25-27-3)30-24-19-17-15-13-11-9-7-5-2/h20,22,26H,4-19,21,23-25H2,1-3H3. The normalized spacial score (nSPS) is 11.7. The molecule has 0 bridgehead atoms. The second-order valence-electron chi connectivity index (χ2n) is 8.30. The second kappa shape index (κ2) is 26.5. The van der Waals surface area contributed by atoms with Crippen molar-refractivity contribution in [2.75, 3.05) is 27.1 Å². The number of methoxy groups -OCH3 is 1. The van der Waals surface area contributed by atoms with E-state index in [1.807, 2.05) is 6.08 Å². The molecule has 0 saturated carbocycles. The lowest BCUT2D eigenvalue weighted by Gasteiger charge is -2.17. The van der Waals surface area contributed by atoms with Crippen LogP contribution in [0.15, 0.2) is 12.3 Å². The van der Waals surface area contributed by atoms with Crippen LogP contribution in [-0.2, 0) is 18.9 Å². The molecule has 0 aromatic carbocycles. The molecule has 0 aliphatic rings. The number of unbranched alkanes of at least 4 members (excludes halogenated alkanes) is 14. The van der Waals surface area contributed by atoms with Crippen molar-refractivity contribution in [2.24, 2.45) is 0 Å². The predicted octanol–water partition coefficient (Wildman–Crippen LogP) is 8.15. The molecule has 30 heavy (non-hydrogen) atoms. The molecule has 0 atom stereocenters. The minimum Gasteiger partial charge on any atom is -0.476 e. The Kier molecular flexibility index (Phi) is 25.9. The zero-order valence-electron chi connectivity index (χ0n) is 20.5. The van der Waals surface area contributed by atoms with Crippen LogP contribution in [-0.4, -0.2) is 33.4 Å². The quantitative estimate of drug-likeness (QED) is 0.0835. The molecule has 0 N–H and O–H groups in total. The molecule has 0 aromatic rings. The number of ether oxygens (including phenoxy) is 4. The van der Waals surface area contributed by atoms with Crippen LogP contribution in [0.25, 0.3) is 0 Å². The van der Waals surface area contributed by atoms with Gasteiger partial charge in [-0.25, -0.2) is 0 Å². The predicted molar refractivity (Wildman–Crippen MR) is 128 cm³/mol. The van der Waals surface area contributed by atoms with Crippen LogP contribution in [0.4, 0.5) is 0 Å². The van der Waals surface area contributed by atoms with Crippen LogP contribution in [0.2, 0.25) is 0 Å². The van der Waals surface area contributed by atoms with E-state index in [9.17, 15) is 0 Å². The van der Waals surface area contributed by atoms with E-state index in [0.717, 1.165) is 32.5 Å². The molecular formula is C26H52O4. The minimum atomic E-state index is -0.165. The maximum Gasteiger partial charge on any atom is 0.187 e. The summed E-state index contributed by atoms with van der Waals surface area (Å²) in [5.41, 5.74) is 0. The first-order chi connectivity index (χ1) is 14.8. The highest BCUT2D eigenvalue weighted by molar-refractivity contribution is 4.75. The van der Waals surface area contributed by atoms with Gasteiger partial charge in [0, 0.05) is 26.7 Å². The van der Waals surface area contributed by atoms with Crippen molar-refractivity contribution in [2.45, 2.75) is 129 Å². The zero-order chi connectivity index (χ0) is 22.0. The molecule has 0 aliphatic carbocycles. The highest BCUT2D eigenvalue weighted by atomic mass is 16.7. The van der Waals surface area contributed by atoms with Crippen molar-refractivity contribution in [3.05, 3.63) is 12.3 Å². The van der Waals surface area contributed by atoms with Gasteiger partial charge in [-0.1, -0.05) is 104 Å². The summed E-state index contributed by atoms with van der Waals surface area (Å²) in [6.45, 7) is 6.37. The Balaban J connectivity index is 3.81. The first kappa shape index (κ1) is 29.4. The summed E-state index contributed by atoms with van der Waals surface area (Å²) in [6.07, 6.45) is 25.2. The molecule has 0 fully saturated rings. The average Bonchev–Trinajstić information content (AvgIpc) is 2.76. The van der Waals surface area contributed by atoms with Gasteiger partial charge in [0.05, 0.1) is 6.26 Å². The fourth-order valence-electron chi connectivity index (χ4n) is 3.43. The van der Waals surface area contributed by atoms with E-state index in [2.05, 4.69) is 13.8 Å². The van der Waals surface area contributed by atoms with Crippen molar-refractivity contribution in [3.63, 3.8) is 0 Å². The van der Waals surface area contributed by atoms with Crippen molar-refractivity contribution in [1.29, 1.82) is 0 Å². The molecule has 0 heterocycles. The van der Waals surface area contributed by atoms with Crippen LogP contribution in [0.3, 0.4) is 0 Å². The molecule has 0 saturated heterocycles. The van der Waals surface area contributed by atoms with E-state index < -0.39 is 0 Å². The molecule has 0 aromatic heterocycles. The van der Waals surface area contributed by atoms with E-state index in [1.165, 1.54) is 89.9 Å². The summed E-state index contributed by atoms with van der Waals surface area (Å²) in [5.74, 6) is 0. The van der Waals surface area contributed by atoms with E-state index in [1.54, 1.807) is 13.4 Å². The maximum atomic E-state index is 6.01. The first-order valence-electron chi connectivity index (χ1n) is 12.8. The molecule has 4 nitrogen and oxygen atoms in total. The molecule has 0 spiro atoms. The van der Waals surface area contributed by atoms with Gasteiger partial charge in [-0.15, -0.1) is 0 Å². The smallest absolute Gasteiger partial charge is 0.187 e. The maximum absolute atomic E-state index is 6.01. The molecular weight excluding hydrogens is 376 g/mol. The summed E-state index contributed by atoms with van der Waals surface area (Å²) < 4.78 is 22.1. The Hall–Kier alpha value is -0.580. The van der Waals surface area contributed by atoms with Crippen LogP contribution >= 0.6 is 0 Å². The van der Waals surface area contributed by atoms with Gasteiger partial charge in [0.1, 0.15) is 0 Å². The Morgan fingerprint density at radius 1 is 0.600 bits per heavy atom. The van der Waals surface area contributed by atoms with E-state index in [0.29, 0.717) is 0 Å². The summed E-state index contributed by atoms with van der Waals surface area (Å²) in [5, 5.41) is 0. The summed E-state index contributed by atoms with van der Waals surface area (Å²) in [4.78, 5) is 0. The third-order valence-electron chi connectivity index (χ3n) is 5.31. The average molecular weight is 429 g/mol. The van der Waals surface area contributed by atoms with Crippen molar-refractivity contribution in [3.8, 4) is 0 Å². The van der Waals surface area contributed by atoms with Gasteiger partial charge in [-0.2, -0.15) is 0 Å². The van der Waals surface area contributed by atoms with Crippen LogP contribution in [0.5, 0.6) is 0 Å². The van der Waals surface area contributed by atoms with Gasteiger partial charge < -0.3 is 18.9 Å². The van der Waals surface area contributed by atoms with Gasteiger partial charge in [0.15, 0.2) is 13.1 Å². The summed E-state index contributed by atoms with van der Waals surface area (Å²) in [6, 6.07) is 0. The Labute approximate surface area is 188 Å². The van der Waals surface area contributed by atoms with Crippen LogP contribution in [0.1, 0.15) is 123 Å². The third kappa shape index (κ3) is 23.7. The molecule has 180 valence electrons. The molecule has 0 radical (unpaired) electrons. The van der Waals surface area contributed by atoms with Crippen molar-refractivity contribution in [1.82, 2.24) is 0 Å². The third-order valence-corrected chi connectivity index (χ3v) is 5.31. The van der Waals surface area contributed by atoms with Crippen LogP contribution in [0, 0.1) is 0 Å². The number of hydrogen-bond donors (Lipinski definition) is 0. The highest BCUT2D eigenvalue weighted by Gasteiger charge is 2.07. The Morgan fingerprint density at radius 2 is 1.03 bits per heavy atom. The second-order valence-corrected chi connectivity index (χ2v) is 8.30. The van der Waals surface area contributed by atoms with Crippen molar-refractivity contribution < 1.29 is 18.9 Å². The molecule has 4 heteroatoms. The van der Waals surface area contributed by atoms with E-state index >= 15 is 0 Å². The molecule has 0 rings (SSSR count). The lowest BCUT2D eigenvalue weighted by Crippen LogP contribution is -2.18. The molecule has 0 amide bonds. The Morgan fingerprint density at radius 3 is 1.47 bits per heavy atom. The fraction of sp³-hybridized carbons (Fsp3) is 0.923. The van der Waals surface area contributed by atoms with Gasteiger partial charge in [-0.3, -0.25) is 0 Å². The van der Waals surface area contributed by atoms with Gasteiger partial charge in [0.25, 0.3) is 0 Å². The summed E-state index contributed by atoms with van der Waals surface area (Å²) in [7, 11) is 1.62. The molecule has 0 aliphatic heterocycles. The topological polar surface area (TPSA) is 36.9 Å². The molecule has 0 unspecified atom stereocenters.